The SMILES string of the molecule is CCOC(=O)C1=C(COC(=O)c2ccco2)NC(=O)N[C@@H]1c1ccco1. The molecule has 0 bridgehead atoms. The lowest BCUT2D eigenvalue weighted by atomic mass is 10.0. The van der Waals surface area contributed by atoms with Crippen LogP contribution in [0.4, 0.5) is 4.79 Å². The quantitative estimate of drug-likeness (QED) is 0.755. The Balaban J connectivity index is 1.89. The fourth-order valence-electron chi connectivity index (χ4n) is 2.45. The number of urea groups is 1. The first-order valence-corrected chi connectivity index (χ1v) is 7.81. The van der Waals surface area contributed by atoms with Gasteiger partial charge in [0.1, 0.15) is 18.4 Å². The van der Waals surface area contributed by atoms with Gasteiger partial charge in [-0.15, -0.1) is 0 Å². The number of amides is 2. The number of rotatable bonds is 6. The first-order chi connectivity index (χ1) is 12.6. The zero-order valence-electron chi connectivity index (χ0n) is 13.8. The molecule has 3 heterocycles. The van der Waals surface area contributed by atoms with Gasteiger partial charge in [0.25, 0.3) is 0 Å². The fourth-order valence-corrected chi connectivity index (χ4v) is 2.45. The van der Waals surface area contributed by atoms with E-state index in [4.69, 9.17) is 18.3 Å². The van der Waals surface area contributed by atoms with E-state index in [0.717, 1.165) is 0 Å². The smallest absolute Gasteiger partial charge is 0.374 e. The van der Waals surface area contributed by atoms with E-state index in [1.54, 1.807) is 25.1 Å². The van der Waals surface area contributed by atoms with Gasteiger partial charge >= 0.3 is 18.0 Å². The standard InChI is InChI=1S/C17H16N2O7/c1-2-23-16(21)13-10(9-26-15(20)12-6-4-8-25-12)18-17(22)19-14(13)11-5-3-7-24-11/h3-8,14H,2,9H2,1H3,(H2,18,19,22)/t14-/m1/s1. The van der Waals surface area contributed by atoms with Crippen molar-refractivity contribution >= 4 is 18.0 Å². The zero-order chi connectivity index (χ0) is 18.5. The molecule has 0 saturated carbocycles. The van der Waals surface area contributed by atoms with Crippen LogP contribution in [0.1, 0.15) is 29.3 Å². The Hall–Kier alpha value is -3.49. The number of ether oxygens (including phenoxy) is 2. The average Bonchev–Trinajstić information content (AvgIpc) is 3.32. The highest BCUT2D eigenvalue weighted by Gasteiger charge is 2.35. The number of carbonyl (C=O) groups is 3. The van der Waals surface area contributed by atoms with E-state index in [1.165, 1.54) is 18.6 Å². The first kappa shape index (κ1) is 17.3. The van der Waals surface area contributed by atoms with Crippen LogP contribution in [0.3, 0.4) is 0 Å². The van der Waals surface area contributed by atoms with E-state index in [2.05, 4.69) is 10.6 Å². The lowest BCUT2D eigenvalue weighted by Crippen LogP contribution is -2.47. The second-order valence-corrected chi connectivity index (χ2v) is 5.21. The summed E-state index contributed by atoms with van der Waals surface area (Å²) in [6.07, 6.45) is 2.75. The van der Waals surface area contributed by atoms with Gasteiger partial charge in [0.2, 0.25) is 5.76 Å². The van der Waals surface area contributed by atoms with Crippen molar-refractivity contribution in [3.8, 4) is 0 Å². The Labute approximate surface area is 147 Å². The van der Waals surface area contributed by atoms with Gasteiger partial charge in [0, 0.05) is 0 Å². The molecule has 26 heavy (non-hydrogen) atoms. The minimum Gasteiger partial charge on any atom is -0.467 e. The minimum absolute atomic E-state index is 0.00568. The maximum atomic E-state index is 12.4. The number of nitrogens with one attached hydrogen (secondary N) is 2. The number of hydrogen-bond acceptors (Lipinski definition) is 7. The summed E-state index contributed by atoms with van der Waals surface area (Å²) in [6, 6.07) is 4.79. The maximum Gasteiger partial charge on any atom is 0.374 e. The van der Waals surface area contributed by atoms with Gasteiger partial charge in [-0.3, -0.25) is 0 Å². The molecule has 0 saturated heterocycles. The predicted molar refractivity (Wildman–Crippen MR) is 85.8 cm³/mol. The highest BCUT2D eigenvalue weighted by atomic mass is 16.5. The van der Waals surface area contributed by atoms with Crippen LogP contribution in [0, 0.1) is 0 Å². The van der Waals surface area contributed by atoms with E-state index < -0.39 is 24.0 Å². The molecule has 0 unspecified atom stereocenters. The van der Waals surface area contributed by atoms with Crippen molar-refractivity contribution in [3.63, 3.8) is 0 Å². The molecule has 3 rings (SSSR count). The summed E-state index contributed by atoms with van der Waals surface area (Å²) in [5, 5.41) is 5.07. The van der Waals surface area contributed by atoms with Gasteiger partial charge in [-0.25, -0.2) is 14.4 Å². The fraction of sp³-hybridized carbons (Fsp3) is 0.235. The number of carbonyl (C=O) groups excluding carboxylic acids is 3. The van der Waals surface area contributed by atoms with Crippen LogP contribution in [0.5, 0.6) is 0 Å². The number of furan rings is 2. The molecular weight excluding hydrogens is 344 g/mol. The monoisotopic (exact) mass is 360 g/mol. The molecule has 136 valence electrons. The summed E-state index contributed by atoms with van der Waals surface area (Å²) >= 11 is 0. The molecular formula is C17H16N2O7. The van der Waals surface area contributed by atoms with Gasteiger partial charge in [0.15, 0.2) is 0 Å². The third-order valence-electron chi connectivity index (χ3n) is 3.55. The van der Waals surface area contributed by atoms with Gasteiger partial charge in [-0.1, -0.05) is 0 Å². The van der Waals surface area contributed by atoms with Crippen molar-refractivity contribution in [2.75, 3.05) is 13.2 Å². The molecule has 9 heteroatoms. The van der Waals surface area contributed by atoms with Crippen molar-refractivity contribution in [2.24, 2.45) is 0 Å². The van der Waals surface area contributed by atoms with Gasteiger partial charge in [0.05, 0.1) is 30.4 Å². The second-order valence-electron chi connectivity index (χ2n) is 5.21. The van der Waals surface area contributed by atoms with Crippen LogP contribution in [0.15, 0.2) is 56.9 Å². The first-order valence-electron chi connectivity index (χ1n) is 7.81. The molecule has 2 aromatic heterocycles. The summed E-state index contributed by atoms with van der Waals surface area (Å²) in [5.74, 6) is -1.04. The average molecular weight is 360 g/mol. The maximum absolute atomic E-state index is 12.4. The molecule has 1 atom stereocenters. The summed E-state index contributed by atoms with van der Waals surface area (Å²) in [4.78, 5) is 36.3. The molecule has 0 aliphatic carbocycles. The Morgan fingerprint density at radius 2 is 1.88 bits per heavy atom. The van der Waals surface area contributed by atoms with Gasteiger partial charge < -0.3 is 28.9 Å². The Morgan fingerprint density at radius 3 is 2.54 bits per heavy atom. The minimum atomic E-state index is -0.866. The molecule has 1 aliphatic rings. The van der Waals surface area contributed by atoms with Crippen molar-refractivity contribution in [3.05, 3.63) is 59.6 Å². The summed E-state index contributed by atoms with van der Waals surface area (Å²) < 4.78 is 20.5. The molecule has 0 spiro atoms. The van der Waals surface area contributed by atoms with Gasteiger partial charge in [-0.2, -0.15) is 0 Å². The topological polar surface area (TPSA) is 120 Å². The number of esters is 2. The van der Waals surface area contributed by atoms with Crippen LogP contribution in [-0.4, -0.2) is 31.2 Å². The van der Waals surface area contributed by atoms with Gasteiger partial charge in [-0.05, 0) is 31.2 Å². The second kappa shape index (κ2) is 7.60. The van der Waals surface area contributed by atoms with Crippen LogP contribution in [-0.2, 0) is 14.3 Å². The van der Waals surface area contributed by atoms with Crippen LogP contribution >= 0.6 is 0 Å². The van der Waals surface area contributed by atoms with E-state index >= 15 is 0 Å². The predicted octanol–water partition coefficient (Wildman–Crippen LogP) is 1.90. The van der Waals surface area contributed by atoms with Crippen molar-refractivity contribution in [1.29, 1.82) is 0 Å². The normalized spacial score (nSPS) is 16.7. The lowest BCUT2D eigenvalue weighted by molar-refractivity contribution is -0.139. The molecule has 2 N–H and O–H groups in total. The van der Waals surface area contributed by atoms with Crippen LogP contribution in [0.25, 0.3) is 0 Å². The molecule has 0 radical (unpaired) electrons. The highest BCUT2D eigenvalue weighted by molar-refractivity contribution is 5.95. The largest absolute Gasteiger partial charge is 0.467 e. The molecule has 1 aliphatic heterocycles. The third-order valence-corrected chi connectivity index (χ3v) is 3.55. The molecule has 2 aromatic rings. The Kier molecular flexibility index (Phi) is 5.07. The molecule has 0 fully saturated rings. The molecule has 9 nitrogen and oxygen atoms in total. The summed E-state index contributed by atoms with van der Waals surface area (Å²) in [5.41, 5.74) is 0.196. The van der Waals surface area contributed by atoms with E-state index in [1.807, 2.05) is 0 Å². The summed E-state index contributed by atoms with van der Waals surface area (Å²) in [6.45, 7) is 1.45. The summed E-state index contributed by atoms with van der Waals surface area (Å²) in [7, 11) is 0. The molecule has 0 aromatic carbocycles. The van der Waals surface area contributed by atoms with Crippen LogP contribution in [0.2, 0.25) is 0 Å². The van der Waals surface area contributed by atoms with E-state index in [9.17, 15) is 14.4 Å². The van der Waals surface area contributed by atoms with Crippen molar-refractivity contribution < 1.29 is 32.7 Å². The Bertz CT molecular complexity index is 821. The van der Waals surface area contributed by atoms with Crippen LogP contribution < -0.4 is 10.6 Å². The van der Waals surface area contributed by atoms with E-state index in [-0.39, 0.29) is 30.2 Å². The molecule has 2 amide bonds. The third kappa shape index (κ3) is 3.61. The highest BCUT2D eigenvalue weighted by Crippen LogP contribution is 2.28. The van der Waals surface area contributed by atoms with Crippen molar-refractivity contribution in [2.45, 2.75) is 13.0 Å². The number of hydrogen-bond donors (Lipinski definition) is 2. The zero-order valence-corrected chi connectivity index (χ0v) is 13.8. The van der Waals surface area contributed by atoms with E-state index in [0.29, 0.717) is 5.76 Å². The van der Waals surface area contributed by atoms with Crippen molar-refractivity contribution in [1.82, 2.24) is 10.6 Å². The lowest BCUT2D eigenvalue weighted by Gasteiger charge is -2.27. The Morgan fingerprint density at radius 1 is 1.12 bits per heavy atom.